The summed E-state index contributed by atoms with van der Waals surface area (Å²) in [7, 11) is 0. The summed E-state index contributed by atoms with van der Waals surface area (Å²) in [6.07, 6.45) is 0.647. The third kappa shape index (κ3) is 5.97. The molecule has 2 rings (SSSR count). The van der Waals surface area contributed by atoms with Gasteiger partial charge in [-0.15, -0.1) is 0 Å². The summed E-state index contributed by atoms with van der Waals surface area (Å²) in [5.74, 6) is -0.218. The van der Waals surface area contributed by atoms with E-state index in [-0.39, 0.29) is 23.4 Å². The maximum atomic E-state index is 12.2. The van der Waals surface area contributed by atoms with Gasteiger partial charge >= 0.3 is 5.97 Å². The lowest BCUT2D eigenvalue weighted by molar-refractivity contribution is -0.144. The van der Waals surface area contributed by atoms with E-state index in [0.29, 0.717) is 17.7 Å². The molecule has 0 atom stereocenters. The van der Waals surface area contributed by atoms with Gasteiger partial charge in [0.1, 0.15) is 5.75 Å². The summed E-state index contributed by atoms with van der Waals surface area (Å²) >= 11 is 35.2. The molecule has 1 heterocycles. The first kappa shape index (κ1) is 23.7. The zero-order valence-corrected chi connectivity index (χ0v) is 19.5. The van der Waals surface area contributed by atoms with E-state index in [0.717, 1.165) is 0 Å². The van der Waals surface area contributed by atoms with E-state index in [4.69, 9.17) is 74.3 Å². The molecule has 0 bridgehead atoms. The van der Waals surface area contributed by atoms with Crippen LogP contribution in [0.1, 0.15) is 38.8 Å². The van der Waals surface area contributed by atoms with Gasteiger partial charge in [0.25, 0.3) is 0 Å². The van der Waals surface area contributed by atoms with Gasteiger partial charge in [0.2, 0.25) is 7.59 Å². The highest BCUT2D eigenvalue weighted by molar-refractivity contribution is 6.67. The van der Waals surface area contributed by atoms with Crippen molar-refractivity contribution in [3.8, 4) is 17.1 Å². The molecule has 0 radical (unpaired) electrons. The van der Waals surface area contributed by atoms with Gasteiger partial charge < -0.3 is 4.74 Å². The molecule has 0 aliphatic heterocycles. The van der Waals surface area contributed by atoms with Crippen molar-refractivity contribution < 1.29 is 9.53 Å². The molecule has 0 aliphatic carbocycles. The van der Waals surface area contributed by atoms with Crippen LogP contribution in [0.15, 0.2) is 24.3 Å². The Morgan fingerprint density at radius 1 is 0.893 bits per heavy atom. The minimum absolute atomic E-state index is 0.129. The van der Waals surface area contributed by atoms with Crippen molar-refractivity contribution >= 4 is 75.6 Å². The Hall–Kier alpha value is -0.560. The van der Waals surface area contributed by atoms with Crippen LogP contribution < -0.4 is 4.74 Å². The van der Waals surface area contributed by atoms with E-state index in [2.05, 4.69) is 15.0 Å². The van der Waals surface area contributed by atoms with Gasteiger partial charge in [0.05, 0.1) is 5.41 Å². The van der Waals surface area contributed by atoms with Crippen LogP contribution in [0, 0.1) is 5.41 Å². The number of nitrogens with zero attached hydrogens (tertiary/aromatic N) is 3. The lowest BCUT2D eigenvalue weighted by atomic mass is 9.91. The molecular formula is C17H15Cl6N3O2. The van der Waals surface area contributed by atoms with Crippen LogP contribution >= 0.6 is 69.6 Å². The fourth-order valence-electron chi connectivity index (χ4n) is 1.82. The molecule has 1 aromatic carbocycles. The minimum Gasteiger partial charge on any atom is -0.426 e. The van der Waals surface area contributed by atoms with Crippen LogP contribution in [-0.2, 0) is 12.4 Å². The zero-order valence-electron chi connectivity index (χ0n) is 14.9. The predicted molar refractivity (Wildman–Crippen MR) is 113 cm³/mol. The number of hydrogen-bond donors (Lipinski definition) is 0. The van der Waals surface area contributed by atoms with E-state index < -0.39 is 13.0 Å². The van der Waals surface area contributed by atoms with Gasteiger partial charge in [-0.05, 0) is 44.5 Å². The quantitative estimate of drug-likeness (QED) is 0.268. The van der Waals surface area contributed by atoms with Crippen LogP contribution in [-0.4, -0.2) is 20.9 Å². The molecule has 5 nitrogen and oxygen atoms in total. The van der Waals surface area contributed by atoms with Crippen LogP contribution in [0.5, 0.6) is 5.75 Å². The summed E-state index contributed by atoms with van der Waals surface area (Å²) in [6.45, 7) is 5.53. The average molecular weight is 506 g/mol. The molecule has 0 saturated heterocycles. The number of carbonyl (C=O) groups excluding carboxylic acids is 1. The molecule has 11 heteroatoms. The molecule has 0 unspecified atom stereocenters. The molecule has 152 valence electrons. The van der Waals surface area contributed by atoms with Gasteiger partial charge in [-0.1, -0.05) is 76.5 Å². The number of rotatable bonds is 4. The normalized spacial score (nSPS) is 12.8. The topological polar surface area (TPSA) is 65.0 Å². The second kappa shape index (κ2) is 8.66. The first-order chi connectivity index (χ1) is 12.7. The van der Waals surface area contributed by atoms with Crippen LogP contribution in [0.4, 0.5) is 0 Å². The Balaban J connectivity index is 2.39. The number of esters is 1. The van der Waals surface area contributed by atoms with Crippen molar-refractivity contribution in [1.82, 2.24) is 15.0 Å². The summed E-state index contributed by atoms with van der Waals surface area (Å²) in [4.78, 5) is 24.4. The van der Waals surface area contributed by atoms with Gasteiger partial charge in [0, 0.05) is 5.56 Å². The molecule has 0 saturated carbocycles. The van der Waals surface area contributed by atoms with Crippen molar-refractivity contribution in [3.05, 3.63) is 35.9 Å². The summed E-state index contributed by atoms with van der Waals surface area (Å²) in [6, 6.07) is 6.43. The van der Waals surface area contributed by atoms with Crippen molar-refractivity contribution in [1.29, 1.82) is 0 Å². The number of hydrogen-bond acceptors (Lipinski definition) is 5. The fourth-order valence-corrected chi connectivity index (χ4v) is 2.33. The highest BCUT2D eigenvalue weighted by Gasteiger charge is 2.34. The van der Waals surface area contributed by atoms with Gasteiger partial charge in [0.15, 0.2) is 17.5 Å². The van der Waals surface area contributed by atoms with Crippen molar-refractivity contribution in [2.24, 2.45) is 5.41 Å². The Morgan fingerprint density at radius 3 is 1.75 bits per heavy atom. The Morgan fingerprint density at radius 2 is 1.36 bits per heavy atom. The SMILES string of the molecule is CCC(C)(C)C(=O)Oc1ccc(-c2nc(C(Cl)(Cl)Cl)nc(C(Cl)(Cl)Cl)n2)cc1. The predicted octanol–water partition coefficient (Wildman–Crippen LogP) is 6.53. The molecule has 0 N–H and O–H groups in total. The number of aromatic nitrogens is 3. The maximum absolute atomic E-state index is 12.2. The Labute approximate surface area is 192 Å². The number of benzene rings is 1. The lowest BCUT2D eigenvalue weighted by Gasteiger charge is -2.20. The summed E-state index contributed by atoms with van der Waals surface area (Å²) in [5.41, 5.74) is -0.0752. The van der Waals surface area contributed by atoms with E-state index in [1.807, 2.05) is 20.8 Å². The molecule has 1 aromatic heterocycles. The van der Waals surface area contributed by atoms with Crippen LogP contribution in [0.2, 0.25) is 0 Å². The average Bonchev–Trinajstić information content (AvgIpc) is 2.60. The van der Waals surface area contributed by atoms with Gasteiger partial charge in [-0.25, -0.2) is 15.0 Å². The largest absolute Gasteiger partial charge is 0.426 e. The second-order valence-electron chi connectivity index (χ2n) is 6.45. The number of halogens is 6. The first-order valence-electron chi connectivity index (χ1n) is 7.97. The Bertz CT molecular complexity index is 828. The zero-order chi connectivity index (χ0) is 21.3. The monoisotopic (exact) mass is 503 g/mol. The Kier molecular flexibility index (Phi) is 7.34. The molecule has 0 fully saturated rings. The molecular weight excluding hydrogens is 491 g/mol. The highest BCUT2D eigenvalue weighted by Crippen LogP contribution is 2.40. The van der Waals surface area contributed by atoms with Crippen LogP contribution in [0.3, 0.4) is 0 Å². The van der Waals surface area contributed by atoms with E-state index in [1.54, 1.807) is 24.3 Å². The number of carbonyl (C=O) groups is 1. The number of alkyl halides is 6. The summed E-state index contributed by atoms with van der Waals surface area (Å²) < 4.78 is 1.52. The summed E-state index contributed by atoms with van der Waals surface area (Å²) in [5, 5.41) is 0. The lowest BCUT2D eigenvalue weighted by Crippen LogP contribution is -2.28. The molecule has 0 amide bonds. The first-order valence-corrected chi connectivity index (χ1v) is 10.2. The maximum Gasteiger partial charge on any atom is 0.316 e. The fraction of sp³-hybridized carbons (Fsp3) is 0.412. The van der Waals surface area contributed by atoms with Crippen molar-refractivity contribution in [2.45, 2.75) is 34.8 Å². The number of ether oxygens (including phenoxy) is 1. The van der Waals surface area contributed by atoms with Crippen molar-refractivity contribution in [3.63, 3.8) is 0 Å². The highest BCUT2D eigenvalue weighted by atomic mass is 35.6. The van der Waals surface area contributed by atoms with Gasteiger partial charge in [-0.3, -0.25) is 4.79 Å². The molecule has 28 heavy (non-hydrogen) atoms. The van der Waals surface area contributed by atoms with Gasteiger partial charge in [-0.2, -0.15) is 0 Å². The second-order valence-corrected chi connectivity index (χ2v) is 11.0. The standard InChI is InChI=1S/C17H15Cl6N3O2/c1-4-15(2,3)14(27)28-10-7-5-9(6-8-10)11-24-12(16(18,19)20)26-13(25-11)17(21,22)23/h5-8H,4H2,1-3H3. The molecule has 2 aromatic rings. The van der Waals surface area contributed by atoms with E-state index in [9.17, 15) is 4.79 Å². The third-order valence-electron chi connectivity index (χ3n) is 3.90. The smallest absolute Gasteiger partial charge is 0.316 e. The molecule has 0 aliphatic rings. The van der Waals surface area contributed by atoms with E-state index >= 15 is 0 Å². The minimum atomic E-state index is -1.94. The van der Waals surface area contributed by atoms with E-state index in [1.165, 1.54) is 0 Å². The van der Waals surface area contributed by atoms with Crippen molar-refractivity contribution in [2.75, 3.05) is 0 Å². The molecule has 0 spiro atoms. The van der Waals surface area contributed by atoms with Crippen LogP contribution in [0.25, 0.3) is 11.4 Å². The third-order valence-corrected chi connectivity index (χ3v) is 4.92.